The maximum Gasteiger partial charge on any atom is 0.221 e. The number of piperidine rings is 1. The number of carbonyl (C=O) groups is 1. The Morgan fingerprint density at radius 2 is 1.86 bits per heavy atom. The van der Waals surface area contributed by atoms with Gasteiger partial charge in [0.15, 0.2) is 0 Å². The number of halogens is 2. The average Bonchev–Trinajstić information content (AvgIpc) is 3.06. The monoisotopic (exact) mass is 416 g/mol. The summed E-state index contributed by atoms with van der Waals surface area (Å²) in [7, 11) is 0. The van der Waals surface area contributed by atoms with Crippen LogP contribution in [0.3, 0.4) is 0 Å². The summed E-state index contributed by atoms with van der Waals surface area (Å²) in [5.41, 5.74) is 5.07. The molecule has 1 atom stereocenters. The second kappa shape index (κ2) is 8.44. The Balaban J connectivity index is 1.37. The number of benzene rings is 2. The minimum Gasteiger partial charge on any atom is -0.326 e. The van der Waals surface area contributed by atoms with Crippen molar-refractivity contribution in [3.63, 3.8) is 0 Å². The van der Waals surface area contributed by atoms with Crippen molar-refractivity contribution >= 4 is 34.8 Å². The Morgan fingerprint density at radius 1 is 1.07 bits per heavy atom. The van der Waals surface area contributed by atoms with Crippen molar-refractivity contribution in [3.8, 4) is 0 Å². The number of amides is 1. The Kier molecular flexibility index (Phi) is 5.96. The molecule has 2 aliphatic rings. The predicted octanol–water partition coefficient (Wildman–Crippen LogP) is 5.86. The average molecular weight is 417 g/mol. The molecule has 148 valence electrons. The van der Waals surface area contributed by atoms with Gasteiger partial charge in [0, 0.05) is 19.2 Å². The molecule has 0 spiro atoms. The van der Waals surface area contributed by atoms with E-state index in [1.165, 1.54) is 23.1 Å². The number of rotatable bonds is 4. The lowest BCUT2D eigenvalue weighted by atomic mass is 9.89. The molecule has 1 amide bonds. The van der Waals surface area contributed by atoms with Gasteiger partial charge in [0.05, 0.1) is 10.0 Å². The van der Waals surface area contributed by atoms with Gasteiger partial charge in [-0.25, -0.2) is 0 Å². The topological polar surface area (TPSA) is 32.3 Å². The van der Waals surface area contributed by atoms with Crippen molar-refractivity contribution in [1.29, 1.82) is 0 Å². The molecule has 1 fully saturated rings. The smallest absolute Gasteiger partial charge is 0.221 e. The third-order valence-corrected chi connectivity index (χ3v) is 6.89. The Bertz CT molecular complexity index is 875. The fraction of sp³-hybridized carbons (Fsp3) is 0.435. The van der Waals surface area contributed by atoms with Crippen molar-refractivity contribution < 1.29 is 4.79 Å². The Hall–Kier alpha value is -1.55. The molecular formula is C23H26Cl2N2O. The summed E-state index contributed by atoms with van der Waals surface area (Å²) in [6, 6.07) is 12.4. The normalized spacial score (nSPS) is 20.2. The zero-order valence-electron chi connectivity index (χ0n) is 16.2. The first-order valence-corrected chi connectivity index (χ1v) is 10.8. The molecule has 3 nitrogen and oxygen atoms in total. The van der Waals surface area contributed by atoms with E-state index in [2.05, 4.69) is 28.4 Å². The lowest BCUT2D eigenvalue weighted by Crippen LogP contribution is -2.35. The summed E-state index contributed by atoms with van der Waals surface area (Å²) in [6.45, 7) is 4.89. The molecule has 1 unspecified atom stereocenters. The number of hydrogen-bond donors (Lipinski definition) is 1. The van der Waals surface area contributed by atoms with Crippen LogP contribution in [0.2, 0.25) is 10.0 Å². The molecule has 0 aromatic heterocycles. The summed E-state index contributed by atoms with van der Waals surface area (Å²) in [6.07, 6.45) is 4.65. The van der Waals surface area contributed by atoms with E-state index in [1.54, 1.807) is 6.92 Å². The van der Waals surface area contributed by atoms with Crippen LogP contribution >= 0.6 is 23.2 Å². The molecule has 1 N–H and O–H groups in total. The van der Waals surface area contributed by atoms with Gasteiger partial charge in [-0.15, -0.1) is 0 Å². The van der Waals surface area contributed by atoms with Gasteiger partial charge in [0.25, 0.3) is 0 Å². The van der Waals surface area contributed by atoms with Crippen LogP contribution in [0.4, 0.5) is 5.69 Å². The van der Waals surface area contributed by atoms with Crippen molar-refractivity contribution in [1.82, 2.24) is 4.90 Å². The van der Waals surface area contributed by atoms with Crippen molar-refractivity contribution in [2.24, 2.45) is 0 Å². The quantitative estimate of drug-likeness (QED) is 0.676. The highest BCUT2D eigenvalue weighted by Gasteiger charge is 2.27. The van der Waals surface area contributed by atoms with E-state index < -0.39 is 0 Å². The SMILES string of the molecule is CC(=O)Nc1ccc2c(c1)C(CN1CCC(c3ccc(Cl)c(Cl)c3)CC1)CC2. The highest BCUT2D eigenvalue weighted by Crippen LogP contribution is 2.37. The molecular weight excluding hydrogens is 391 g/mol. The predicted molar refractivity (Wildman–Crippen MR) is 117 cm³/mol. The third-order valence-electron chi connectivity index (χ3n) is 6.15. The maximum absolute atomic E-state index is 11.4. The van der Waals surface area contributed by atoms with Gasteiger partial charge in [0.2, 0.25) is 5.91 Å². The second-order valence-corrected chi connectivity index (χ2v) is 8.89. The zero-order chi connectivity index (χ0) is 19.7. The van der Waals surface area contributed by atoms with Crippen LogP contribution in [0.15, 0.2) is 36.4 Å². The van der Waals surface area contributed by atoms with E-state index in [0.717, 1.165) is 44.6 Å². The summed E-state index contributed by atoms with van der Waals surface area (Å²) >= 11 is 12.3. The van der Waals surface area contributed by atoms with Crippen LogP contribution in [0.1, 0.15) is 54.7 Å². The highest BCUT2D eigenvalue weighted by molar-refractivity contribution is 6.42. The summed E-state index contributed by atoms with van der Waals surface area (Å²) in [4.78, 5) is 14.0. The molecule has 0 saturated carbocycles. The van der Waals surface area contributed by atoms with E-state index in [1.807, 2.05) is 18.2 Å². The second-order valence-electron chi connectivity index (χ2n) is 8.08. The number of hydrogen-bond acceptors (Lipinski definition) is 2. The van der Waals surface area contributed by atoms with E-state index >= 15 is 0 Å². The van der Waals surface area contributed by atoms with Gasteiger partial charge in [-0.2, -0.15) is 0 Å². The molecule has 2 aromatic rings. The fourth-order valence-corrected chi connectivity index (χ4v) is 4.99. The number of nitrogens with one attached hydrogen (secondary N) is 1. The number of nitrogens with zero attached hydrogens (tertiary/aromatic N) is 1. The van der Waals surface area contributed by atoms with Crippen LogP contribution in [0.25, 0.3) is 0 Å². The summed E-state index contributed by atoms with van der Waals surface area (Å²) < 4.78 is 0. The first kappa shape index (κ1) is 19.8. The summed E-state index contributed by atoms with van der Waals surface area (Å²) in [5.74, 6) is 1.11. The van der Waals surface area contributed by atoms with Gasteiger partial charge in [-0.1, -0.05) is 35.3 Å². The van der Waals surface area contributed by atoms with Crippen molar-refractivity contribution in [2.45, 2.75) is 44.4 Å². The van der Waals surface area contributed by atoms with Crippen LogP contribution < -0.4 is 5.32 Å². The molecule has 1 aliphatic heterocycles. The van der Waals surface area contributed by atoms with E-state index in [-0.39, 0.29) is 5.91 Å². The van der Waals surface area contributed by atoms with Gasteiger partial charge in [-0.05, 0) is 91.6 Å². The molecule has 4 rings (SSSR count). The number of likely N-dealkylation sites (tertiary alicyclic amines) is 1. The van der Waals surface area contributed by atoms with Crippen molar-refractivity contribution in [3.05, 3.63) is 63.1 Å². The number of anilines is 1. The minimum atomic E-state index is -0.0149. The number of aryl methyl sites for hydroxylation is 1. The van der Waals surface area contributed by atoms with E-state index in [4.69, 9.17) is 23.2 Å². The van der Waals surface area contributed by atoms with E-state index in [0.29, 0.717) is 21.9 Å². The summed E-state index contributed by atoms with van der Waals surface area (Å²) in [5, 5.41) is 4.20. The molecule has 5 heteroatoms. The van der Waals surface area contributed by atoms with Crippen molar-refractivity contribution in [2.75, 3.05) is 25.0 Å². The highest BCUT2D eigenvalue weighted by atomic mass is 35.5. The molecule has 1 aliphatic carbocycles. The van der Waals surface area contributed by atoms with Gasteiger partial charge in [-0.3, -0.25) is 4.79 Å². The molecule has 2 aromatic carbocycles. The Labute approximate surface area is 177 Å². The van der Waals surface area contributed by atoms with Gasteiger partial charge >= 0.3 is 0 Å². The first-order chi connectivity index (χ1) is 13.5. The minimum absolute atomic E-state index is 0.0149. The molecule has 28 heavy (non-hydrogen) atoms. The van der Waals surface area contributed by atoms with Gasteiger partial charge < -0.3 is 10.2 Å². The third kappa shape index (κ3) is 4.37. The van der Waals surface area contributed by atoms with Crippen LogP contribution in [0, 0.1) is 0 Å². The molecule has 0 radical (unpaired) electrons. The van der Waals surface area contributed by atoms with E-state index in [9.17, 15) is 4.79 Å². The molecule has 1 saturated heterocycles. The standard InChI is InChI=1S/C23H26Cl2N2O/c1-15(28)26-20-6-4-17-2-3-19(21(17)13-20)14-27-10-8-16(9-11-27)18-5-7-22(24)23(25)12-18/h4-7,12-13,16,19H,2-3,8-11,14H2,1H3,(H,26,28). The lowest BCUT2D eigenvalue weighted by Gasteiger charge is -2.34. The lowest BCUT2D eigenvalue weighted by molar-refractivity contribution is -0.114. The zero-order valence-corrected chi connectivity index (χ0v) is 17.7. The Morgan fingerprint density at radius 3 is 2.57 bits per heavy atom. The molecule has 1 heterocycles. The van der Waals surface area contributed by atoms with Crippen LogP contribution in [0.5, 0.6) is 0 Å². The fourth-order valence-electron chi connectivity index (χ4n) is 4.69. The maximum atomic E-state index is 11.4. The number of fused-ring (bicyclic) bond motifs is 1. The van der Waals surface area contributed by atoms with Crippen LogP contribution in [-0.2, 0) is 11.2 Å². The molecule has 0 bridgehead atoms. The number of carbonyl (C=O) groups excluding carboxylic acids is 1. The van der Waals surface area contributed by atoms with Gasteiger partial charge in [0.1, 0.15) is 0 Å². The largest absolute Gasteiger partial charge is 0.326 e. The first-order valence-electron chi connectivity index (χ1n) is 10.1. The van der Waals surface area contributed by atoms with Crippen LogP contribution in [-0.4, -0.2) is 30.4 Å².